The number of nitrogens with one attached hydrogen (secondary N) is 2. The van der Waals surface area contributed by atoms with E-state index in [0.29, 0.717) is 5.69 Å². The van der Waals surface area contributed by atoms with Crippen molar-refractivity contribution in [1.82, 2.24) is 4.98 Å². The summed E-state index contributed by atoms with van der Waals surface area (Å²) in [6.45, 7) is 5.89. The molecule has 2 N–H and O–H groups in total. The Morgan fingerprint density at radius 2 is 2.12 bits per heavy atom. The van der Waals surface area contributed by atoms with E-state index in [1.54, 1.807) is 13.3 Å². The third kappa shape index (κ3) is 7.58. The third-order valence-electron chi connectivity index (χ3n) is 2.28. The first-order valence-electron chi connectivity index (χ1n) is 6.15. The molecule has 1 aromatic rings. The Hall–Kier alpha value is -1.29. The van der Waals surface area contributed by atoms with Crippen LogP contribution in [-0.2, 0) is 4.74 Å². The van der Waals surface area contributed by atoms with Crippen LogP contribution in [0.4, 0.5) is 5.69 Å². The fourth-order valence-electron chi connectivity index (χ4n) is 1.23. The number of hydrogen-bond acceptors (Lipinski definition) is 3. The number of hydrogen-bond donors (Lipinski definition) is 2. The molecule has 4 heteroatoms. The molecule has 0 radical (unpaired) electrons. The number of ether oxygens (including phenoxy) is 1. The van der Waals surface area contributed by atoms with Crippen LogP contribution in [0, 0.1) is 0 Å². The minimum atomic E-state index is 0.636. The van der Waals surface area contributed by atoms with Crippen molar-refractivity contribution in [2.24, 2.45) is 0 Å². The average molecular weight is 240 g/mol. The summed E-state index contributed by atoms with van der Waals surface area (Å²) in [4.78, 5) is 13.4. The van der Waals surface area contributed by atoms with Crippen LogP contribution in [0.5, 0.6) is 0 Å². The van der Waals surface area contributed by atoms with E-state index in [1.807, 2.05) is 13.0 Å². The number of aldehydes is 1. The normalized spacial score (nSPS) is 9.35. The molecule has 1 rings (SSSR count). The van der Waals surface area contributed by atoms with Gasteiger partial charge in [0.1, 0.15) is 5.69 Å². The van der Waals surface area contributed by atoms with E-state index in [-0.39, 0.29) is 0 Å². The maximum Gasteiger partial charge on any atom is 0.168 e. The van der Waals surface area contributed by atoms with Gasteiger partial charge in [-0.05, 0) is 19.4 Å². The molecular formula is C13H24N2O2. The lowest BCUT2D eigenvalue weighted by Gasteiger charge is -2.03. The topological polar surface area (TPSA) is 54.1 Å². The molecule has 0 spiro atoms. The summed E-state index contributed by atoms with van der Waals surface area (Å²) in [5.74, 6) is 0. The highest BCUT2D eigenvalue weighted by atomic mass is 16.5. The van der Waals surface area contributed by atoms with Crippen LogP contribution >= 0.6 is 0 Å². The van der Waals surface area contributed by atoms with Gasteiger partial charge in [0.2, 0.25) is 0 Å². The summed E-state index contributed by atoms with van der Waals surface area (Å²) in [7, 11) is 1.68. The van der Waals surface area contributed by atoms with Crippen molar-refractivity contribution in [2.45, 2.75) is 33.1 Å². The number of rotatable bonds is 7. The molecule has 1 aromatic heterocycles. The Balaban J connectivity index is 0.000000557. The number of aromatic nitrogens is 1. The van der Waals surface area contributed by atoms with E-state index in [4.69, 9.17) is 0 Å². The van der Waals surface area contributed by atoms with Crippen molar-refractivity contribution < 1.29 is 9.53 Å². The summed E-state index contributed by atoms with van der Waals surface area (Å²) in [6, 6.07) is 1.88. The lowest BCUT2D eigenvalue weighted by Crippen LogP contribution is -2.02. The van der Waals surface area contributed by atoms with Crippen LogP contribution in [0.15, 0.2) is 12.3 Å². The zero-order chi connectivity index (χ0) is 12.9. The summed E-state index contributed by atoms with van der Waals surface area (Å²) in [5.41, 5.74) is 1.54. The van der Waals surface area contributed by atoms with E-state index >= 15 is 0 Å². The second-order valence-electron chi connectivity index (χ2n) is 3.63. The molecule has 98 valence electrons. The number of carbonyl (C=O) groups is 1. The van der Waals surface area contributed by atoms with Gasteiger partial charge in [-0.1, -0.05) is 19.8 Å². The summed E-state index contributed by atoms with van der Waals surface area (Å²) in [6.07, 6.45) is 6.21. The van der Waals surface area contributed by atoms with Crippen molar-refractivity contribution >= 4 is 12.0 Å². The fraction of sp³-hybridized carbons (Fsp3) is 0.615. The van der Waals surface area contributed by atoms with Gasteiger partial charge >= 0.3 is 0 Å². The highest BCUT2D eigenvalue weighted by Gasteiger charge is 1.99. The largest absolute Gasteiger partial charge is 0.385 e. The lowest BCUT2D eigenvalue weighted by molar-refractivity contribution is 0.112. The maximum atomic E-state index is 10.5. The Kier molecular flexibility index (Phi) is 10.4. The van der Waals surface area contributed by atoms with E-state index in [0.717, 1.165) is 31.5 Å². The molecular weight excluding hydrogens is 216 g/mol. The molecule has 0 fully saturated rings. The summed E-state index contributed by atoms with van der Waals surface area (Å²) in [5, 5.41) is 3.22. The Morgan fingerprint density at radius 1 is 1.41 bits per heavy atom. The first-order chi connectivity index (χ1) is 8.29. The van der Waals surface area contributed by atoms with Crippen LogP contribution in [0.2, 0.25) is 0 Å². The molecule has 17 heavy (non-hydrogen) atoms. The van der Waals surface area contributed by atoms with Gasteiger partial charge in [0, 0.05) is 26.5 Å². The zero-order valence-electron chi connectivity index (χ0n) is 11.1. The monoisotopic (exact) mass is 240 g/mol. The Morgan fingerprint density at radius 3 is 2.65 bits per heavy atom. The van der Waals surface area contributed by atoms with Crippen molar-refractivity contribution in [1.29, 1.82) is 0 Å². The lowest BCUT2D eigenvalue weighted by atomic mass is 10.2. The number of carbonyl (C=O) groups excluding carboxylic acids is 1. The van der Waals surface area contributed by atoms with E-state index < -0.39 is 0 Å². The van der Waals surface area contributed by atoms with Gasteiger partial charge in [0.25, 0.3) is 0 Å². The molecule has 0 aliphatic heterocycles. The predicted molar refractivity (Wildman–Crippen MR) is 71.7 cm³/mol. The summed E-state index contributed by atoms with van der Waals surface area (Å²) >= 11 is 0. The first-order valence-corrected chi connectivity index (χ1v) is 6.15. The number of H-pyrrole nitrogens is 1. The van der Waals surface area contributed by atoms with Crippen molar-refractivity contribution in [2.75, 3.05) is 25.6 Å². The highest BCUT2D eigenvalue weighted by molar-refractivity contribution is 5.81. The molecule has 0 unspecified atom stereocenters. The second kappa shape index (κ2) is 11.2. The molecule has 0 amide bonds. The Bertz CT molecular complexity index is 283. The first kappa shape index (κ1) is 15.7. The van der Waals surface area contributed by atoms with E-state index in [9.17, 15) is 4.79 Å². The van der Waals surface area contributed by atoms with Crippen molar-refractivity contribution in [3.8, 4) is 0 Å². The molecule has 0 saturated heterocycles. The molecule has 0 bridgehead atoms. The van der Waals surface area contributed by atoms with Crippen LogP contribution in [-0.4, -0.2) is 31.5 Å². The van der Waals surface area contributed by atoms with Gasteiger partial charge in [0.05, 0.1) is 5.69 Å². The number of aromatic amines is 1. The quantitative estimate of drug-likeness (QED) is 0.569. The van der Waals surface area contributed by atoms with E-state index in [1.165, 1.54) is 12.8 Å². The summed E-state index contributed by atoms with van der Waals surface area (Å²) < 4.78 is 4.54. The second-order valence-corrected chi connectivity index (χ2v) is 3.63. The standard InChI is InChI=1S/C10H16N2O.C3H8O/c1-2-3-4-6-11-9-5-7-12-10(9)8-13;1-3-4-2/h5,7-8,11-12H,2-4,6H2,1H3;3H2,1-2H3. The molecule has 0 aliphatic rings. The number of unbranched alkanes of at least 4 members (excludes halogenated alkanes) is 2. The van der Waals surface area contributed by atoms with Crippen LogP contribution in [0.3, 0.4) is 0 Å². The number of methoxy groups -OCH3 is 1. The molecule has 1 heterocycles. The highest BCUT2D eigenvalue weighted by Crippen LogP contribution is 2.10. The van der Waals surface area contributed by atoms with Gasteiger partial charge in [-0.15, -0.1) is 0 Å². The fourth-order valence-corrected chi connectivity index (χ4v) is 1.23. The maximum absolute atomic E-state index is 10.5. The van der Waals surface area contributed by atoms with Crippen LogP contribution in [0.25, 0.3) is 0 Å². The van der Waals surface area contributed by atoms with Gasteiger partial charge in [-0.2, -0.15) is 0 Å². The van der Waals surface area contributed by atoms with Gasteiger partial charge < -0.3 is 15.0 Å². The molecule has 0 saturated carbocycles. The molecule has 4 nitrogen and oxygen atoms in total. The third-order valence-corrected chi connectivity index (χ3v) is 2.28. The van der Waals surface area contributed by atoms with Gasteiger partial charge in [-0.25, -0.2) is 0 Å². The zero-order valence-corrected chi connectivity index (χ0v) is 11.1. The minimum absolute atomic E-state index is 0.636. The SMILES string of the molecule is CCCCCNc1cc[nH]c1C=O.CCOC. The van der Waals surface area contributed by atoms with Gasteiger partial charge in [0.15, 0.2) is 6.29 Å². The van der Waals surface area contributed by atoms with Crippen LogP contribution < -0.4 is 5.32 Å². The predicted octanol–water partition coefficient (Wildman–Crippen LogP) is 3.08. The van der Waals surface area contributed by atoms with Crippen molar-refractivity contribution in [3.63, 3.8) is 0 Å². The van der Waals surface area contributed by atoms with Crippen molar-refractivity contribution in [3.05, 3.63) is 18.0 Å². The number of anilines is 1. The van der Waals surface area contributed by atoms with Crippen LogP contribution in [0.1, 0.15) is 43.6 Å². The van der Waals surface area contributed by atoms with Gasteiger partial charge in [-0.3, -0.25) is 4.79 Å². The minimum Gasteiger partial charge on any atom is -0.385 e. The average Bonchev–Trinajstić information content (AvgIpc) is 2.82. The molecule has 0 aromatic carbocycles. The molecule has 0 aliphatic carbocycles. The Labute approximate surface area is 104 Å². The van der Waals surface area contributed by atoms with E-state index in [2.05, 4.69) is 22.0 Å². The smallest absolute Gasteiger partial charge is 0.168 e. The molecule has 0 atom stereocenters.